The van der Waals surface area contributed by atoms with Crippen molar-refractivity contribution in [3.63, 3.8) is 0 Å². The van der Waals surface area contributed by atoms with E-state index in [0.29, 0.717) is 11.4 Å². The van der Waals surface area contributed by atoms with E-state index in [2.05, 4.69) is 11.1 Å². The Balaban J connectivity index is 1.92. The van der Waals surface area contributed by atoms with Crippen LogP contribution in [0.3, 0.4) is 0 Å². The molecular weight excluding hydrogens is 286 g/mol. The van der Waals surface area contributed by atoms with Gasteiger partial charge in [-0.3, -0.25) is 4.79 Å². The second kappa shape index (κ2) is 5.62. The van der Waals surface area contributed by atoms with Crippen LogP contribution in [-0.2, 0) is 11.2 Å². The van der Waals surface area contributed by atoms with Crippen LogP contribution in [0.2, 0.25) is 5.02 Å². The number of hydrogen-bond acceptors (Lipinski definition) is 1. The molecule has 3 nitrogen and oxygen atoms in total. The zero-order valence-corrected chi connectivity index (χ0v) is 12.0. The van der Waals surface area contributed by atoms with Crippen LogP contribution in [-0.4, -0.2) is 16.1 Å². The zero-order valence-electron chi connectivity index (χ0n) is 11.3. The number of halogens is 1. The van der Waals surface area contributed by atoms with Gasteiger partial charge in [0.2, 0.25) is 0 Å². The molecule has 2 N–H and O–H groups in total. The Bertz CT molecular complexity index is 790. The summed E-state index contributed by atoms with van der Waals surface area (Å²) in [4.78, 5) is 14.0. The molecule has 0 saturated heterocycles. The van der Waals surface area contributed by atoms with Crippen LogP contribution in [0.5, 0.6) is 0 Å². The molecule has 0 bridgehead atoms. The molecule has 0 atom stereocenters. The predicted octanol–water partition coefficient (Wildman–Crippen LogP) is 4.51. The summed E-state index contributed by atoms with van der Waals surface area (Å²) in [5, 5.41) is 10.5. The Hall–Kier alpha value is -2.26. The molecule has 3 aromatic rings. The monoisotopic (exact) mass is 299 g/mol. The molecule has 0 aliphatic carbocycles. The summed E-state index contributed by atoms with van der Waals surface area (Å²) in [6.45, 7) is 0. The standard InChI is InChI=1S/C17H14ClNO2/c18-14-5-3-12(4-6-14)16-10-13-9-11(2-8-17(20)21)1-7-15(13)19-16/h1,3-7,9-10,19H,2,8H2,(H,20,21). The molecule has 0 aliphatic heterocycles. The first-order valence-electron chi connectivity index (χ1n) is 6.71. The molecule has 1 aromatic heterocycles. The zero-order chi connectivity index (χ0) is 14.8. The minimum Gasteiger partial charge on any atom is -0.481 e. The molecule has 2 aromatic carbocycles. The van der Waals surface area contributed by atoms with Gasteiger partial charge < -0.3 is 10.1 Å². The number of H-pyrrole nitrogens is 1. The van der Waals surface area contributed by atoms with Crippen molar-refractivity contribution in [2.75, 3.05) is 0 Å². The fourth-order valence-corrected chi connectivity index (χ4v) is 2.50. The fraction of sp³-hybridized carbons (Fsp3) is 0.118. The summed E-state index contributed by atoms with van der Waals surface area (Å²) < 4.78 is 0. The van der Waals surface area contributed by atoms with Crippen LogP contribution < -0.4 is 0 Å². The Morgan fingerprint density at radius 3 is 2.57 bits per heavy atom. The summed E-state index contributed by atoms with van der Waals surface area (Å²) in [6.07, 6.45) is 0.701. The third-order valence-electron chi connectivity index (χ3n) is 3.47. The summed E-state index contributed by atoms with van der Waals surface area (Å²) in [6, 6.07) is 15.7. The smallest absolute Gasteiger partial charge is 0.303 e. The molecule has 0 saturated carbocycles. The minimum atomic E-state index is -0.772. The third kappa shape index (κ3) is 3.09. The van der Waals surface area contributed by atoms with Crippen LogP contribution in [0.4, 0.5) is 0 Å². The SMILES string of the molecule is O=C(O)CCc1ccc2[nH]c(-c3ccc(Cl)cc3)cc2c1. The van der Waals surface area contributed by atoms with Gasteiger partial charge in [-0.2, -0.15) is 0 Å². The normalized spacial score (nSPS) is 10.9. The number of aromatic nitrogens is 1. The van der Waals surface area contributed by atoms with E-state index in [4.69, 9.17) is 16.7 Å². The van der Waals surface area contributed by atoms with Crippen molar-refractivity contribution in [1.29, 1.82) is 0 Å². The van der Waals surface area contributed by atoms with Crippen LogP contribution in [0, 0.1) is 0 Å². The Morgan fingerprint density at radius 1 is 1.10 bits per heavy atom. The highest BCUT2D eigenvalue weighted by atomic mass is 35.5. The van der Waals surface area contributed by atoms with Crippen molar-refractivity contribution >= 4 is 28.5 Å². The summed E-state index contributed by atoms with van der Waals surface area (Å²) in [5.41, 5.74) is 4.17. The second-order valence-corrected chi connectivity index (χ2v) is 5.44. The van der Waals surface area contributed by atoms with Crippen molar-refractivity contribution in [2.45, 2.75) is 12.8 Å². The van der Waals surface area contributed by atoms with Gasteiger partial charge in [0.1, 0.15) is 0 Å². The number of carboxylic acid groups (broad SMARTS) is 1. The molecule has 0 spiro atoms. The lowest BCUT2D eigenvalue weighted by molar-refractivity contribution is -0.136. The summed E-state index contributed by atoms with van der Waals surface area (Å²) in [5.74, 6) is -0.772. The van der Waals surface area contributed by atoms with Crippen LogP contribution in [0.1, 0.15) is 12.0 Å². The molecule has 0 fully saturated rings. The lowest BCUT2D eigenvalue weighted by Gasteiger charge is -1.98. The Labute approximate surface area is 127 Å². The van der Waals surface area contributed by atoms with Gasteiger partial charge in [-0.1, -0.05) is 29.8 Å². The van der Waals surface area contributed by atoms with Gasteiger partial charge in [-0.15, -0.1) is 0 Å². The molecule has 106 valence electrons. The maximum atomic E-state index is 10.6. The largest absolute Gasteiger partial charge is 0.481 e. The van der Waals surface area contributed by atoms with E-state index < -0.39 is 5.97 Å². The average molecular weight is 300 g/mol. The Morgan fingerprint density at radius 2 is 1.86 bits per heavy atom. The van der Waals surface area contributed by atoms with E-state index in [-0.39, 0.29) is 6.42 Å². The molecule has 0 aliphatic rings. The highest BCUT2D eigenvalue weighted by Crippen LogP contribution is 2.26. The van der Waals surface area contributed by atoms with Gasteiger partial charge >= 0.3 is 5.97 Å². The lowest BCUT2D eigenvalue weighted by Crippen LogP contribution is -1.96. The number of hydrogen-bond donors (Lipinski definition) is 2. The maximum absolute atomic E-state index is 10.6. The van der Waals surface area contributed by atoms with Gasteiger partial charge in [0.25, 0.3) is 0 Å². The first-order chi connectivity index (χ1) is 10.1. The number of fused-ring (bicyclic) bond motifs is 1. The third-order valence-corrected chi connectivity index (χ3v) is 3.72. The Kier molecular flexibility index (Phi) is 3.67. The molecule has 0 radical (unpaired) electrons. The topological polar surface area (TPSA) is 53.1 Å². The maximum Gasteiger partial charge on any atom is 0.303 e. The van der Waals surface area contributed by atoms with E-state index in [1.165, 1.54) is 0 Å². The van der Waals surface area contributed by atoms with Gasteiger partial charge in [0.05, 0.1) is 0 Å². The average Bonchev–Trinajstić information content (AvgIpc) is 2.88. The number of carbonyl (C=O) groups is 1. The van der Waals surface area contributed by atoms with Crippen molar-refractivity contribution in [1.82, 2.24) is 4.98 Å². The van der Waals surface area contributed by atoms with Gasteiger partial charge in [-0.25, -0.2) is 0 Å². The second-order valence-electron chi connectivity index (χ2n) is 5.01. The quantitative estimate of drug-likeness (QED) is 0.745. The number of aromatic amines is 1. The van der Waals surface area contributed by atoms with E-state index in [9.17, 15) is 4.79 Å². The van der Waals surface area contributed by atoms with Crippen LogP contribution in [0.15, 0.2) is 48.5 Å². The minimum absolute atomic E-state index is 0.153. The number of benzene rings is 2. The molecule has 3 rings (SSSR count). The molecule has 21 heavy (non-hydrogen) atoms. The number of carboxylic acids is 1. The van der Waals surface area contributed by atoms with E-state index in [0.717, 1.165) is 27.7 Å². The molecule has 4 heteroatoms. The molecule has 1 heterocycles. The van der Waals surface area contributed by atoms with Crippen molar-refractivity contribution < 1.29 is 9.90 Å². The van der Waals surface area contributed by atoms with Crippen molar-refractivity contribution in [2.24, 2.45) is 0 Å². The van der Waals surface area contributed by atoms with E-state index in [1.807, 2.05) is 42.5 Å². The van der Waals surface area contributed by atoms with Gasteiger partial charge in [-0.05, 0) is 47.9 Å². The van der Waals surface area contributed by atoms with Gasteiger partial charge in [0, 0.05) is 28.0 Å². The van der Waals surface area contributed by atoms with E-state index >= 15 is 0 Å². The van der Waals surface area contributed by atoms with Crippen LogP contribution in [0.25, 0.3) is 22.2 Å². The first-order valence-corrected chi connectivity index (χ1v) is 7.09. The highest BCUT2D eigenvalue weighted by molar-refractivity contribution is 6.30. The molecule has 0 amide bonds. The van der Waals surface area contributed by atoms with Crippen LogP contribution >= 0.6 is 11.6 Å². The number of aryl methyl sites for hydroxylation is 1. The number of aliphatic carboxylic acids is 1. The summed E-state index contributed by atoms with van der Waals surface area (Å²) >= 11 is 5.90. The lowest BCUT2D eigenvalue weighted by atomic mass is 10.1. The fourth-order valence-electron chi connectivity index (χ4n) is 2.37. The number of rotatable bonds is 4. The van der Waals surface area contributed by atoms with E-state index in [1.54, 1.807) is 0 Å². The molecule has 0 unspecified atom stereocenters. The predicted molar refractivity (Wildman–Crippen MR) is 84.7 cm³/mol. The molecular formula is C17H14ClNO2. The number of nitrogens with one attached hydrogen (secondary N) is 1. The summed E-state index contributed by atoms with van der Waals surface area (Å²) in [7, 11) is 0. The first kappa shape index (κ1) is 13.7. The highest BCUT2D eigenvalue weighted by Gasteiger charge is 2.05. The van der Waals surface area contributed by atoms with Crippen molar-refractivity contribution in [3.8, 4) is 11.3 Å². The van der Waals surface area contributed by atoms with Gasteiger partial charge in [0.15, 0.2) is 0 Å². The van der Waals surface area contributed by atoms with Crippen molar-refractivity contribution in [3.05, 3.63) is 59.1 Å².